The lowest BCUT2D eigenvalue weighted by molar-refractivity contribution is -0.114. The number of benzene rings is 3. The van der Waals surface area contributed by atoms with Gasteiger partial charge < -0.3 is 4.90 Å². The van der Waals surface area contributed by atoms with Crippen LogP contribution in [0.5, 0.6) is 0 Å². The van der Waals surface area contributed by atoms with Gasteiger partial charge in [-0.1, -0.05) is 89.5 Å². The molecule has 34 heavy (non-hydrogen) atoms. The fourth-order valence-corrected chi connectivity index (χ4v) is 5.46. The van der Waals surface area contributed by atoms with Crippen LogP contribution in [-0.2, 0) is 11.2 Å². The molecule has 0 aromatic heterocycles. The first-order valence-corrected chi connectivity index (χ1v) is 12.0. The summed E-state index contributed by atoms with van der Waals surface area (Å²) in [6, 6.07) is 23.7. The minimum Gasteiger partial charge on any atom is -0.301 e. The van der Waals surface area contributed by atoms with Crippen molar-refractivity contribution in [1.29, 1.82) is 0 Å². The highest BCUT2D eigenvalue weighted by Gasteiger charge is 2.39. The molecule has 1 amide bonds. The van der Waals surface area contributed by atoms with E-state index in [0.717, 1.165) is 17.7 Å². The third kappa shape index (κ3) is 3.84. The van der Waals surface area contributed by atoms with Gasteiger partial charge in [0, 0.05) is 17.7 Å². The average Bonchev–Trinajstić information content (AvgIpc) is 3.35. The van der Waals surface area contributed by atoms with Crippen molar-refractivity contribution in [2.24, 2.45) is 5.92 Å². The Morgan fingerprint density at radius 3 is 2.18 bits per heavy atom. The molecule has 0 saturated heterocycles. The molecular weight excluding hydrogens is 414 g/mol. The molecule has 2 nitrogen and oxygen atoms in total. The highest BCUT2D eigenvalue weighted by molar-refractivity contribution is 6.05. The van der Waals surface area contributed by atoms with Crippen LogP contribution in [0.25, 0.3) is 5.57 Å². The van der Waals surface area contributed by atoms with Crippen LogP contribution in [0, 0.1) is 26.7 Å². The molecule has 0 fully saturated rings. The molecule has 1 aliphatic carbocycles. The van der Waals surface area contributed by atoms with Crippen molar-refractivity contribution in [3.05, 3.63) is 130 Å². The number of fused-ring (bicyclic) bond motifs is 1. The Kier molecular flexibility index (Phi) is 5.61. The summed E-state index contributed by atoms with van der Waals surface area (Å²) in [6.07, 6.45) is 4.66. The number of anilines is 1. The first-order chi connectivity index (χ1) is 16.3. The van der Waals surface area contributed by atoms with Crippen molar-refractivity contribution >= 4 is 17.2 Å². The van der Waals surface area contributed by atoms with Gasteiger partial charge in [-0.3, -0.25) is 4.79 Å². The highest BCUT2D eigenvalue weighted by Crippen LogP contribution is 2.45. The van der Waals surface area contributed by atoms with Gasteiger partial charge in [0.05, 0.1) is 6.04 Å². The molecule has 0 bridgehead atoms. The van der Waals surface area contributed by atoms with E-state index in [0.29, 0.717) is 0 Å². The molecule has 1 heterocycles. The second-order valence-electron chi connectivity index (χ2n) is 9.82. The smallest absolute Gasteiger partial charge is 0.251 e. The Morgan fingerprint density at radius 2 is 1.53 bits per heavy atom. The third-order valence-corrected chi connectivity index (χ3v) is 7.10. The summed E-state index contributed by atoms with van der Waals surface area (Å²) in [5, 5.41) is 0. The van der Waals surface area contributed by atoms with E-state index in [1.165, 1.54) is 44.5 Å². The largest absolute Gasteiger partial charge is 0.301 e. The molecule has 2 aliphatic rings. The van der Waals surface area contributed by atoms with Crippen LogP contribution in [0.1, 0.15) is 40.3 Å². The summed E-state index contributed by atoms with van der Waals surface area (Å²) in [5.41, 5.74) is 12.2. The zero-order chi connectivity index (χ0) is 24.0. The summed E-state index contributed by atoms with van der Waals surface area (Å²) in [7, 11) is 0. The molecule has 0 radical (unpaired) electrons. The van der Waals surface area contributed by atoms with E-state index in [9.17, 15) is 4.79 Å². The first kappa shape index (κ1) is 22.2. The van der Waals surface area contributed by atoms with Crippen LogP contribution in [0.15, 0.2) is 96.6 Å². The topological polar surface area (TPSA) is 20.3 Å². The lowest BCUT2D eigenvalue weighted by atomic mass is 9.81. The number of carbonyl (C=O) groups is 1. The van der Waals surface area contributed by atoms with Crippen LogP contribution in [0.4, 0.5) is 5.69 Å². The van der Waals surface area contributed by atoms with Gasteiger partial charge in [-0.2, -0.15) is 0 Å². The fourth-order valence-electron chi connectivity index (χ4n) is 5.46. The van der Waals surface area contributed by atoms with E-state index in [-0.39, 0.29) is 17.9 Å². The Bertz CT molecular complexity index is 1340. The van der Waals surface area contributed by atoms with Crippen LogP contribution in [0.3, 0.4) is 0 Å². The van der Waals surface area contributed by atoms with Crippen LogP contribution in [-0.4, -0.2) is 11.9 Å². The predicted molar refractivity (Wildman–Crippen MR) is 142 cm³/mol. The molecule has 1 unspecified atom stereocenters. The lowest BCUT2D eigenvalue weighted by Crippen LogP contribution is -2.40. The van der Waals surface area contributed by atoms with E-state index in [4.69, 9.17) is 0 Å². The van der Waals surface area contributed by atoms with Gasteiger partial charge in [0.1, 0.15) is 0 Å². The minimum absolute atomic E-state index is 0.0213. The van der Waals surface area contributed by atoms with Gasteiger partial charge in [-0.15, -0.1) is 0 Å². The molecule has 170 valence electrons. The highest BCUT2D eigenvalue weighted by atomic mass is 16.2. The Labute approximate surface area is 202 Å². The number of amides is 1. The van der Waals surface area contributed by atoms with Crippen molar-refractivity contribution in [3.63, 3.8) is 0 Å². The molecule has 3 aromatic carbocycles. The standard InChI is InChI=1S/C32H31NO/c1-20(2)31(29-16-17-30(34)33(29)26-13-8-22(4)9-14-26)28-19-25-18-23(5)10-15-27(25)32(28)24-11-6-21(3)7-12-24/h6-18,29,31H,1,19H2,2-5H3/t29-,31?/m1/s1. The van der Waals surface area contributed by atoms with Gasteiger partial charge in [0.25, 0.3) is 5.91 Å². The molecular formula is C32H31NO. The number of aryl methyl sites for hydroxylation is 3. The Hall–Kier alpha value is -3.65. The Balaban J connectivity index is 1.67. The van der Waals surface area contributed by atoms with E-state index < -0.39 is 0 Å². The number of hydrogen-bond acceptors (Lipinski definition) is 1. The molecule has 2 heteroatoms. The van der Waals surface area contributed by atoms with Gasteiger partial charge in [0.15, 0.2) is 0 Å². The van der Waals surface area contributed by atoms with Crippen LogP contribution in [0.2, 0.25) is 0 Å². The zero-order valence-electron chi connectivity index (χ0n) is 20.4. The maximum Gasteiger partial charge on any atom is 0.251 e. The molecule has 0 spiro atoms. The number of rotatable bonds is 5. The number of carbonyl (C=O) groups excluding carboxylic acids is 1. The van der Waals surface area contributed by atoms with Crippen molar-refractivity contribution in [2.75, 3.05) is 4.90 Å². The van der Waals surface area contributed by atoms with Crippen LogP contribution >= 0.6 is 0 Å². The van der Waals surface area contributed by atoms with Gasteiger partial charge in [0.2, 0.25) is 0 Å². The van der Waals surface area contributed by atoms with Crippen molar-refractivity contribution in [3.8, 4) is 0 Å². The number of nitrogens with zero attached hydrogens (tertiary/aromatic N) is 1. The van der Waals surface area contributed by atoms with E-state index in [1.807, 2.05) is 17.0 Å². The van der Waals surface area contributed by atoms with Gasteiger partial charge in [-0.25, -0.2) is 0 Å². The first-order valence-electron chi connectivity index (χ1n) is 12.0. The third-order valence-electron chi connectivity index (χ3n) is 7.10. The van der Waals surface area contributed by atoms with Crippen molar-refractivity contribution in [2.45, 2.75) is 40.2 Å². The second kappa shape index (κ2) is 8.61. The monoisotopic (exact) mass is 445 g/mol. The predicted octanol–water partition coefficient (Wildman–Crippen LogP) is 7.13. The van der Waals surface area contributed by atoms with Gasteiger partial charge >= 0.3 is 0 Å². The molecule has 2 atom stereocenters. The number of hydrogen-bond donors (Lipinski definition) is 0. The van der Waals surface area contributed by atoms with Crippen LogP contribution < -0.4 is 4.90 Å². The maximum atomic E-state index is 13.1. The Morgan fingerprint density at radius 1 is 0.912 bits per heavy atom. The van der Waals surface area contributed by atoms with Crippen molar-refractivity contribution in [1.82, 2.24) is 0 Å². The summed E-state index contributed by atoms with van der Waals surface area (Å²) in [5.74, 6) is 0.0527. The summed E-state index contributed by atoms with van der Waals surface area (Å²) < 4.78 is 0. The molecule has 0 saturated carbocycles. The maximum absolute atomic E-state index is 13.1. The summed E-state index contributed by atoms with van der Waals surface area (Å²) >= 11 is 0. The molecule has 0 N–H and O–H groups in total. The fraction of sp³-hybridized carbons (Fsp3) is 0.219. The van der Waals surface area contributed by atoms with Gasteiger partial charge in [-0.05, 0) is 74.1 Å². The van der Waals surface area contributed by atoms with E-state index in [1.54, 1.807) is 6.08 Å². The zero-order valence-corrected chi connectivity index (χ0v) is 20.4. The average molecular weight is 446 g/mol. The summed E-state index contributed by atoms with van der Waals surface area (Å²) in [6.45, 7) is 12.9. The minimum atomic E-state index is -0.0986. The normalized spacial score (nSPS) is 17.9. The van der Waals surface area contributed by atoms with Crippen molar-refractivity contribution < 1.29 is 4.79 Å². The molecule has 3 aromatic rings. The second-order valence-corrected chi connectivity index (χ2v) is 9.82. The lowest BCUT2D eigenvalue weighted by Gasteiger charge is -2.34. The van der Waals surface area contributed by atoms with E-state index >= 15 is 0 Å². The summed E-state index contributed by atoms with van der Waals surface area (Å²) in [4.78, 5) is 15.0. The molecule has 1 aliphatic heterocycles. The SMILES string of the molecule is C=C(C)C(C1=C(c2ccc(C)cc2)c2ccc(C)cc2C1)[C@H]1C=CC(=O)N1c1ccc(C)cc1. The molecule has 5 rings (SSSR count). The quantitative estimate of drug-likeness (QED) is 0.382. The van der Waals surface area contributed by atoms with E-state index in [2.05, 4.69) is 94.9 Å².